The van der Waals surface area contributed by atoms with Crippen LogP contribution in [0, 0.1) is 0 Å². The lowest BCUT2D eigenvalue weighted by atomic mass is 10.1. The lowest BCUT2D eigenvalue weighted by Crippen LogP contribution is -2.43. The topological polar surface area (TPSA) is 49.4 Å². The summed E-state index contributed by atoms with van der Waals surface area (Å²) in [5.41, 5.74) is 2.13. The Morgan fingerprint density at radius 1 is 1.16 bits per heavy atom. The number of halogens is 1. The molecular weight excluding hydrogens is 328 g/mol. The van der Waals surface area contributed by atoms with Crippen molar-refractivity contribution in [3.8, 4) is 0 Å². The second-order valence-corrected chi connectivity index (χ2v) is 7.06. The molecule has 0 aliphatic carbocycles. The number of piperidine rings is 1. The summed E-state index contributed by atoms with van der Waals surface area (Å²) in [5.74, 6) is 0. The Morgan fingerprint density at radius 3 is 2.53 bits per heavy atom. The third-order valence-corrected chi connectivity index (χ3v) is 5.46. The van der Waals surface area contributed by atoms with E-state index in [-0.39, 0.29) is 0 Å². The first-order valence-electron chi connectivity index (χ1n) is 6.50. The summed E-state index contributed by atoms with van der Waals surface area (Å²) in [5, 5.41) is 0.777. The fourth-order valence-electron chi connectivity index (χ4n) is 2.19. The van der Waals surface area contributed by atoms with Crippen LogP contribution in [0.15, 0.2) is 24.3 Å². The van der Waals surface area contributed by atoms with Crippen LogP contribution in [0.3, 0.4) is 0 Å². The third kappa shape index (κ3) is 4.27. The normalized spacial score (nSPS) is 17.5. The fourth-order valence-corrected chi connectivity index (χ4v) is 3.81. The Balaban J connectivity index is 1.96. The molecule has 0 aromatic heterocycles. The molecule has 0 radical (unpaired) electrons. The molecule has 106 valence electrons. The minimum absolute atomic E-state index is 0.347. The van der Waals surface area contributed by atoms with Crippen LogP contribution < -0.4 is 4.72 Å². The van der Waals surface area contributed by atoms with Crippen molar-refractivity contribution in [2.24, 2.45) is 0 Å². The number of hydrogen-bond donors (Lipinski definition) is 1. The molecule has 6 heteroatoms. The molecule has 1 N–H and O–H groups in total. The van der Waals surface area contributed by atoms with E-state index in [0.717, 1.165) is 35.7 Å². The average molecular weight is 347 g/mol. The van der Waals surface area contributed by atoms with E-state index in [0.29, 0.717) is 19.6 Å². The standard InChI is InChI=1S/C13H19BrN2O2S/c14-10-12-5-4-6-13(9-12)11-15-19(17,18)16-7-2-1-3-8-16/h4-6,9,15H,1-3,7-8,10-11H2. The highest BCUT2D eigenvalue weighted by Crippen LogP contribution is 2.13. The maximum atomic E-state index is 12.1. The molecule has 1 aliphatic rings. The predicted molar refractivity (Wildman–Crippen MR) is 80.3 cm³/mol. The van der Waals surface area contributed by atoms with Gasteiger partial charge in [-0.3, -0.25) is 0 Å². The van der Waals surface area contributed by atoms with Crippen molar-refractivity contribution >= 4 is 26.1 Å². The van der Waals surface area contributed by atoms with Gasteiger partial charge < -0.3 is 0 Å². The van der Waals surface area contributed by atoms with Gasteiger partial charge in [0.1, 0.15) is 0 Å². The second kappa shape index (κ2) is 6.83. The van der Waals surface area contributed by atoms with Crippen LogP contribution >= 0.6 is 15.9 Å². The van der Waals surface area contributed by atoms with Crippen molar-refractivity contribution in [2.45, 2.75) is 31.1 Å². The second-order valence-electron chi connectivity index (χ2n) is 4.74. The van der Waals surface area contributed by atoms with E-state index in [1.165, 1.54) is 0 Å². The fraction of sp³-hybridized carbons (Fsp3) is 0.538. The SMILES string of the molecule is O=S(=O)(NCc1cccc(CBr)c1)N1CCCCC1. The molecule has 0 atom stereocenters. The monoisotopic (exact) mass is 346 g/mol. The van der Waals surface area contributed by atoms with E-state index in [1.54, 1.807) is 4.31 Å². The summed E-state index contributed by atoms with van der Waals surface area (Å²) in [7, 11) is -3.33. The molecule has 2 rings (SSSR count). The summed E-state index contributed by atoms with van der Waals surface area (Å²) in [4.78, 5) is 0. The van der Waals surface area contributed by atoms with Crippen molar-refractivity contribution in [2.75, 3.05) is 13.1 Å². The van der Waals surface area contributed by atoms with Gasteiger partial charge in [0, 0.05) is 25.0 Å². The number of hydrogen-bond acceptors (Lipinski definition) is 2. The Kier molecular flexibility index (Phi) is 5.38. The van der Waals surface area contributed by atoms with Gasteiger partial charge in [0.25, 0.3) is 10.2 Å². The van der Waals surface area contributed by atoms with Crippen molar-refractivity contribution in [3.63, 3.8) is 0 Å². The molecule has 4 nitrogen and oxygen atoms in total. The summed E-state index contributed by atoms with van der Waals surface area (Å²) in [6, 6.07) is 7.90. The van der Waals surface area contributed by atoms with E-state index in [9.17, 15) is 8.42 Å². The number of alkyl halides is 1. The van der Waals surface area contributed by atoms with Gasteiger partial charge in [-0.15, -0.1) is 0 Å². The smallest absolute Gasteiger partial charge is 0.198 e. The Hall–Kier alpha value is -0.430. The van der Waals surface area contributed by atoms with Crippen molar-refractivity contribution < 1.29 is 8.42 Å². The molecule has 0 unspecified atom stereocenters. The van der Waals surface area contributed by atoms with E-state index in [4.69, 9.17) is 0 Å². The first-order chi connectivity index (χ1) is 9.12. The van der Waals surface area contributed by atoms with Gasteiger partial charge in [0.15, 0.2) is 0 Å². The molecule has 0 spiro atoms. The lowest BCUT2D eigenvalue weighted by molar-refractivity contribution is 0.341. The van der Waals surface area contributed by atoms with Crippen molar-refractivity contribution in [1.82, 2.24) is 9.03 Å². The molecule has 1 fully saturated rings. The zero-order valence-electron chi connectivity index (χ0n) is 10.8. The van der Waals surface area contributed by atoms with Crippen molar-refractivity contribution in [3.05, 3.63) is 35.4 Å². The summed E-state index contributed by atoms with van der Waals surface area (Å²) < 4.78 is 28.5. The Morgan fingerprint density at radius 2 is 1.84 bits per heavy atom. The first-order valence-corrected chi connectivity index (χ1v) is 9.06. The highest BCUT2D eigenvalue weighted by Gasteiger charge is 2.23. The van der Waals surface area contributed by atoms with E-state index < -0.39 is 10.2 Å². The molecule has 1 aromatic rings. The van der Waals surface area contributed by atoms with Gasteiger partial charge in [0.05, 0.1) is 0 Å². The quantitative estimate of drug-likeness (QED) is 0.832. The van der Waals surface area contributed by atoms with Crippen LogP contribution in [0.1, 0.15) is 30.4 Å². The largest absolute Gasteiger partial charge is 0.279 e. The van der Waals surface area contributed by atoms with Gasteiger partial charge in [-0.05, 0) is 24.0 Å². The zero-order valence-corrected chi connectivity index (χ0v) is 13.2. The number of nitrogens with zero attached hydrogens (tertiary/aromatic N) is 1. The highest BCUT2D eigenvalue weighted by molar-refractivity contribution is 9.08. The Bertz CT molecular complexity index is 513. The summed E-state index contributed by atoms with van der Waals surface area (Å²) >= 11 is 3.40. The van der Waals surface area contributed by atoms with Crippen LogP contribution in [-0.2, 0) is 22.1 Å². The van der Waals surface area contributed by atoms with Gasteiger partial charge in [-0.2, -0.15) is 17.4 Å². The Labute approximate surface area is 123 Å². The van der Waals surface area contributed by atoms with Gasteiger partial charge in [-0.1, -0.05) is 46.6 Å². The molecular formula is C13H19BrN2O2S. The van der Waals surface area contributed by atoms with Crippen LogP contribution in [0.2, 0.25) is 0 Å². The maximum absolute atomic E-state index is 12.1. The average Bonchev–Trinajstić information content (AvgIpc) is 2.46. The van der Waals surface area contributed by atoms with E-state index >= 15 is 0 Å². The molecule has 19 heavy (non-hydrogen) atoms. The van der Waals surface area contributed by atoms with E-state index in [2.05, 4.69) is 20.7 Å². The van der Waals surface area contributed by atoms with Crippen LogP contribution in [-0.4, -0.2) is 25.8 Å². The minimum Gasteiger partial charge on any atom is -0.198 e. The van der Waals surface area contributed by atoms with E-state index in [1.807, 2.05) is 24.3 Å². The number of benzene rings is 1. The van der Waals surface area contributed by atoms with Crippen LogP contribution in [0.5, 0.6) is 0 Å². The first kappa shape index (κ1) is 15.0. The van der Waals surface area contributed by atoms with Crippen LogP contribution in [0.4, 0.5) is 0 Å². The van der Waals surface area contributed by atoms with Gasteiger partial charge >= 0.3 is 0 Å². The van der Waals surface area contributed by atoms with Gasteiger partial charge in [0.2, 0.25) is 0 Å². The molecule has 0 saturated carbocycles. The highest BCUT2D eigenvalue weighted by atomic mass is 79.9. The number of nitrogens with one attached hydrogen (secondary N) is 1. The number of rotatable bonds is 5. The van der Waals surface area contributed by atoms with Crippen molar-refractivity contribution in [1.29, 1.82) is 0 Å². The molecule has 0 amide bonds. The minimum atomic E-state index is -3.33. The third-order valence-electron chi connectivity index (χ3n) is 3.26. The molecule has 1 aliphatic heterocycles. The summed E-state index contributed by atoms with van der Waals surface area (Å²) in [6.07, 6.45) is 3.04. The molecule has 1 heterocycles. The zero-order chi connectivity index (χ0) is 13.7. The maximum Gasteiger partial charge on any atom is 0.279 e. The predicted octanol–water partition coefficient (Wildman–Crippen LogP) is 2.40. The molecule has 1 saturated heterocycles. The lowest BCUT2D eigenvalue weighted by Gasteiger charge is -2.25. The summed E-state index contributed by atoms with van der Waals surface area (Å²) in [6.45, 7) is 1.62. The molecule has 0 bridgehead atoms. The van der Waals surface area contributed by atoms with Gasteiger partial charge in [-0.25, -0.2) is 0 Å². The van der Waals surface area contributed by atoms with Crippen LogP contribution in [0.25, 0.3) is 0 Å². The molecule has 1 aromatic carbocycles.